The summed E-state index contributed by atoms with van der Waals surface area (Å²) >= 11 is 0. The van der Waals surface area contributed by atoms with Gasteiger partial charge >= 0.3 is 5.97 Å². The van der Waals surface area contributed by atoms with Crippen molar-refractivity contribution >= 4 is 17.6 Å². The van der Waals surface area contributed by atoms with Crippen LogP contribution < -0.4 is 5.73 Å². The molecule has 108 valence electrons. The monoisotopic (exact) mass is 277 g/mol. The number of carbonyl (C=O) groups excluding carboxylic acids is 2. The molecule has 2 rings (SSSR count). The number of methoxy groups -OCH3 is 1. The number of ether oxygens (including phenoxy) is 1. The van der Waals surface area contributed by atoms with Gasteiger partial charge in [0.2, 0.25) is 5.91 Å². The van der Waals surface area contributed by atoms with Gasteiger partial charge in [-0.2, -0.15) is 0 Å². The highest BCUT2D eigenvalue weighted by atomic mass is 16.5. The summed E-state index contributed by atoms with van der Waals surface area (Å²) in [4.78, 5) is 29.8. The number of rotatable bonds is 3. The third-order valence-electron chi connectivity index (χ3n) is 3.48. The number of hydrogen-bond donors (Lipinski definition) is 1. The molecule has 20 heavy (non-hydrogen) atoms. The van der Waals surface area contributed by atoms with Gasteiger partial charge in [0.15, 0.2) is 0 Å². The predicted octanol–water partition coefficient (Wildman–Crippen LogP) is 0.760. The minimum atomic E-state index is -0.463. The van der Waals surface area contributed by atoms with Gasteiger partial charge in [0.25, 0.3) is 0 Å². The van der Waals surface area contributed by atoms with Crippen molar-refractivity contribution in [1.29, 1.82) is 0 Å². The van der Waals surface area contributed by atoms with Gasteiger partial charge in [0.1, 0.15) is 6.04 Å². The van der Waals surface area contributed by atoms with E-state index in [1.165, 1.54) is 13.3 Å². The van der Waals surface area contributed by atoms with Crippen LogP contribution in [-0.2, 0) is 20.7 Å². The van der Waals surface area contributed by atoms with Gasteiger partial charge in [-0.25, -0.2) is 4.79 Å². The highest BCUT2D eigenvalue weighted by Crippen LogP contribution is 2.19. The van der Waals surface area contributed by atoms with E-state index in [0.29, 0.717) is 24.3 Å². The number of esters is 1. The minimum absolute atomic E-state index is 0.0997. The first-order valence-corrected chi connectivity index (χ1v) is 6.69. The van der Waals surface area contributed by atoms with Gasteiger partial charge in [-0.3, -0.25) is 9.78 Å². The Bertz CT molecular complexity index is 487. The maximum atomic E-state index is 12.3. The van der Waals surface area contributed by atoms with E-state index in [9.17, 15) is 9.59 Å². The molecule has 1 aromatic heterocycles. The summed E-state index contributed by atoms with van der Waals surface area (Å²) < 4.78 is 4.77. The first-order valence-electron chi connectivity index (χ1n) is 6.69. The van der Waals surface area contributed by atoms with Crippen LogP contribution in [0.3, 0.4) is 0 Å². The second kappa shape index (κ2) is 6.36. The summed E-state index contributed by atoms with van der Waals surface area (Å²) in [6.07, 6.45) is 4.20. The molecule has 1 atom stereocenters. The van der Waals surface area contributed by atoms with Crippen molar-refractivity contribution in [3.05, 3.63) is 24.0 Å². The van der Waals surface area contributed by atoms with Crippen LogP contribution in [0.15, 0.2) is 18.3 Å². The zero-order valence-corrected chi connectivity index (χ0v) is 11.5. The van der Waals surface area contributed by atoms with Crippen LogP contribution in [-0.4, -0.2) is 41.5 Å². The van der Waals surface area contributed by atoms with E-state index in [2.05, 4.69) is 4.98 Å². The molecule has 1 unspecified atom stereocenters. The molecule has 2 heterocycles. The topological polar surface area (TPSA) is 85.5 Å². The molecular weight excluding hydrogens is 258 g/mol. The lowest BCUT2D eigenvalue weighted by atomic mass is 10.0. The molecule has 2 N–H and O–H groups in total. The van der Waals surface area contributed by atoms with Gasteiger partial charge in [-0.05, 0) is 31.4 Å². The van der Waals surface area contributed by atoms with E-state index >= 15 is 0 Å². The molecule has 0 radical (unpaired) electrons. The largest absolute Gasteiger partial charge is 0.467 e. The number of carbonyl (C=O) groups is 2. The highest BCUT2D eigenvalue weighted by Gasteiger charge is 2.32. The Morgan fingerprint density at radius 3 is 2.90 bits per heavy atom. The Balaban J connectivity index is 2.05. The number of hydrogen-bond acceptors (Lipinski definition) is 5. The summed E-state index contributed by atoms with van der Waals surface area (Å²) in [5, 5.41) is 0. The van der Waals surface area contributed by atoms with Gasteiger partial charge < -0.3 is 15.4 Å². The molecule has 0 saturated carbocycles. The highest BCUT2D eigenvalue weighted by molar-refractivity contribution is 5.85. The van der Waals surface area contributed by atoms with Crippen molar-refractivity contribution in [3.8, 4) is 0 Å². The Kier molecular flexibility index (Phi) is 4.55. The smallest absolute Gasteiger partial charge is 0.328 e. The predicted molar refractivity (Wildman–Crippen MR) is 73.7 cm³/mol. The van der Waals surface area contributed by atoms with E-state index in [-0.39, 0.29) is 18.3 Å². The van der Waals surface area contributed by atoms with Crippen LogP contribution >= 0.6 is 0 Å². The van der Waals surface area contributed by atoms with Gasteiger partial charge in [-0.1, -0.05) is 0 Å². The number of likely N-dealkylation sites (tertiary alicyclic amines) is 1. The third-order valence-corrected chi connectivity index (χ3v) is 3.48. The van der Waals surface area contributed by atoms with Crippen LogP contribution in [0.2, 0.25) is 0 Å². The first kappa shape index (κ1) is 14.3. The van der Waals surface area contributed by atoms with Crippen molar-refractivity contribution < 1.29 is 14.3 Å². The van der Waals surface area contributed by atoms with Crippen LogP contribution in [0.5, 0.6) is 0 Å². The lowest BCUT2D eigenvalue weighted by Gasteiger charge is -2.33. The van der Waals surface area contributed by atoms with Gasteiger partial charge in [-0.15, -0.1) is 0 Å². The summed E-state index contributed by atoms with van der Waals surface area (Å²) in [6, 6.07) is 2.98. The average Bonchev–Trinajstić information content (AvgIpc) is 2.48. The Morgan fingerprint density at radius 1 is 1.45 bits per heavy atom. The van der Waals surface area contributed by atoms with Crippen molar-refractivity contribution in [1.82, 2.24) is 9.88 Å². The molecule has 0 bridgehead atoms. The SMILES string of the molecule is COC(=O)C1CCCCN1C(=O)Cc1ccc(N)cn1. The number of aromatic nitrogens is 1. The molecule has 1 saturated heterocycles. The lowest BCUT2D eigenvalue weighted by Crippen LogP contribution is -2.49. The molecule has 1 fully saturated rings. The van der Waals surface area contributed by atoms with Crippen molar-refractivity contribution in [3.63, 3.8) is 0 Å². The standard InChI is InChI=1S/C14H19N3O3/c1-20-14(19)12-4-2-3-7-17(12)13(18)8-11-6-5-10(15)9-16-11/h5-6,9,12H,2-4,7-8,15H2,1H3. The molecule has 1 amide bonds. The molecule has 0 aliphatic carbocycles. The Labute approximate surface area is 117 Å². The van der Waals surface area contributed by atoms with E-state index in [4.69, 9.17) is 10.5 Å². The lowest BCUT2D eigenvalue weighted by molar-refractivity contribution is -0.154. The third kappa shape index (κ3) is 3.26. The number of nitrogen functional groups attached to an aromatic ring is 1. The number of nitrogens with two attached hydrogens (primary N) is 1. The van der Waals surface area contributed by atoms with Crippen molar-refractivity contribution in [2.45, 2.75) is 31.7 Å². The van der Waals surface area contributed by atoms with E-state index in [1.807, 2.05) is 0 Å². The molecule has 1 aliphatic heterocycles. The van der Waals surface area contributed by atoms with Crippen LogP contribution in [0.4, 0.5) is 5.69 Å². The second-order valence-electron chi connectivity index (χ2n) is 4.88. The summed E-state index contributed by atoms with van der Waals surface area (Å²) in [7, 11) is 1.35. The van der Waals surface area contributed by atoms with Crippen LogP contribution in [0.25, 0.3) is 0 Å². The van der Waals surface area contributed by atoms with Crippen LogP contribution in [0, 0.1) is 0 Å². The maximum absolute atomic E-state index is 12.3. The summed E-state index contributed by atoms with van der Waals surface area (Å²) in [6.45, 7) is 0.591. The Hall–Kier alpha value is -2.11. The zero-order valence-electron chi connectivity index (χ0n) is 11.5. The fourth-order valence-corrected chi connectivity index (χ4v) is 2.41. The van der Waals surface area contributed by atoms with Gasteiger partial charge in [0, 0.05) is 12.2 Å². The fourth-order valence-electron chi connectivity index (χ4n) is 2.41. The molecule has 1 aromatic rings. The quantitative estimate of drug-likeness (QED) is 0.824. The number of nitrogens with zero attached hydrogens (tertiary/aromatic N) is 2. The van der Waals surface area contributed by atoms with E-state index in [1.54, 1.807) is 17.0 Å². The number of piperidine rings is 1. The summed E-state index contributed by atoms with van der Waals surface area (Å²) in [5.74, 6) is -0.444. The van der Waals surface area contributed by atoms with Crippen molar-refractivity contribution in [2.75, 3.05) is 19.4 Å². The van der Waals surface area contributed by atoms with Crippen LogP contribution in [0.1, 0.15) is 25.0 Å². The number of amides is 1. The van der Waals surface area contributed by atoms with E-state index in [0.717, 1.165) is 12.8 Å². The molecule has 6 nitrogen and oxygen atoms in total. The normalized spacial score (nSPS) is 18.6. The second-order valence-corrected chi connectivity index (χ2v) is 4.88. The first-order chi connectivity index (χ1) is 9.61. The molecule has 1 aliphatic rings. The van der Waals surface area contributed by atoms with Gasteiger partial charge in [0.05, 0.1) is 25.4 Å². The zero-order chi connectivity index (χ0) is 14.5. The minimum Gasteiger partial charge on any atom is -0.467 e. The summed E-state index contributed by atoms with van der Waals surface area (Å²) in [5.41, 5.74) is 6.77. The Morgan fingerprint density at radius 2 is 2.25 bits per heavy atom. The van der Waals surface area contributed by atoms with Crippen molar-refractivity contribution in [2.24, 2.45) is 0 Å². The molecular formula is C14H19N3O3. The number of anilines is 1. The number of pyridine rings is 1. The average molecular weight is 277 g/mol. The van der Waals surface area contributed by atoms with E-state index < -0.39 is 6.04 Å². The molecule has 0 aromatic carbocycles. The molecule has 6 heteroatoms. The fraction of sp³-hybridized carbons (Fsp3) is 0.500. The molecule has 0 spiro atoms. The maximum Gasteiger partial charge on any atom is 0.328 e.